The first-order chi connectivity index (χ1) is 28.2. The molecule has 9 rings (SSSR count). The number of para-hydroxylation sites is 1. The van der Waals surface area contributed by atoms with Crippen LogP contribution in [0.3, 0.4) is 0 Å². The highest BCUT2D eigenvalue weighted by Gasteiger charge is 2.80. The summed E-state index contributed by atoms with van der Waals surface area (Å²) in [7, 11) is 6.15. The molecule has 0 radical (unpaired) electrons. The summed E-state index contributed by atoms with van der Waals surface area (Å²) in [5.41, 5.74) is -1.62. The van der Waals surface area contributed by atoms with Gasteiger partial charge in [-0.2, -0.15) is 0 Å². The molecule has 3 N–H and O–H groups in total. The second kappa shape index (κ2) is 13.8. The molecule has 1 aliphatic carbocycles. The van der Waals surface area contributed by atoms with E-state index in [0.29, 0.717) is 82.6 Å². The molecule has 2 saturated heterocycles. The number of hydrogen-bond donors (Lipinski definition) is 3. The lowest BCUT2D eigenvalue weighted by molar-refractivity contribution is -0.228. The summed E-state index contributed by atoms with van der Waals surface area (Å²) in [6.45, 7) is 8.62. The van der Waals surface area contributed by atoms with Gasteiger partial charge in [-0.25, -0.2) is 4.79 Å². The number of rotatable bonds is 7. The lowest BCUT2D eigenvalue weighted by Gasteiger charge is -2.63. The van der Waals surface area contributed by atoms with Crippen molar-refractivity contribution in [2.45, 2.75) is 99.5 Å². The Bertz CT molecular complexity index is 2260. The van der Waals surface area contributed by atoms with Crippen molar-refractivity contribution in [3.05, 3.63) is 70.9 Å². The number of ether oxygens (including phenoxy) is 4. The number of aromatic nitrogens is 1. The van der Waals surface area contributed by atoms with E-state index >= 15 is 4.79 Å². The van der Waals surface area contributed by atoms with Gasteiger partial charge in [0.15, 0.2) is 6.10 Å². The summed E-state index contributed by atoms with van der Waals surface area (Å²) < 4.78 is 23.9. The van der Waals surface area contributed by atoms with E-state index in [1.807, 2.05) is 50.1 Å². The molecule has 2 unspecified atom stereocenters. The maximum atomic E-state index is 15.3. The minimum atomic E-state index is -2.30. The Balaban J connectivity index is 1.36. The van der Waals surface area contributed by atoms with Crippen LogP contribution in [0.15, 0.2) is 48.6 Å². The summed E-state index contributed by atoms with van der Waals surface area (Å²) >= 11 is 0. The number of H-pyrrole nitrogens is 1. The number of aromatic amines is 1. The van der Waals surface area contributed by atoms with Crippen molar-refractivity contribution < 1.29 is 43.5 Å². The Morgan fingerprint density at radius 3 is 2.41 bits per heavy atom. The predicted octanol–water partition coefficient (Wildman–Crippen LogP) is 3.99. The van der Waals surface area contributed by atoms with Gasteiger partial charge in [-0.15, -0.1) is 0 Å². The van der Waals surface area contributed by atoms with Gasteiger partial charge in [0.1, 0.15) is 11.2 Å². The number of aliphatic hydroxyl groups is 2. The molecule has 10 atom stereocenters. The Hall–Kier alpha value is -4.43. The van der Waals surface area contributed by atoms with Crippen molar-refractivity contribution in [1.29, 1.82) is 0 Å². The van der Waals surface area contributed by atoms with Crippen LogP contribution in [-0.4, -0.2) is 133 Å². The molecule has 3 fully saturated rings. The number of anilines is 1. The van der Waals surface area contributed by atoms with Crippen LogP contribution in [0.2, 0.25) is 0 Å². The number of fused-ring (bicyclic) bond motifs is 6. The number of carbonyl (C=O) groups is 3. The maximum Gasteiger partial charge on any atom is 0.344 e. The van der Waals surface area contributed by atoms with Crippen molar-refractivity contribution in [1.82, 2.24) is 14.8 Å². The summed E-state index contributed by atoms with van der Waals surface area (Å²) in [5, 5.41) is 26.3. The smallest absolute Gasteiger partial charge is 0.344 e. The molecule has 13 nitrogen and oxygen atoms in total. The van der Waals surface area contributed by atoms with E-state index in [0.717, 1.165) is 33.4 Å². The molecule has 1 aromatic heterocycles. The minimum Gasteiger partial charge on any atom is -0.496 e. The van der Waals surface area contributed by atoms with Crippen molar-refractivity contribution in [2.24, 2.45) is 11.3 Å². The minimum absolute atomic E-state index is 0.0986. The van der Waals surface area contributed by atoms with Gasteiger partial charge < -0.3 is 39.0 Å². The molecule has 316 valence electrons. The van der Waals surface area contributed by atoms with Crippen LogP contribution in [0, 0.1) is 11.3 Å². The Morgan fingerprint density at radius 2 is 1.71 bits per heavy atom. The number of methoxy groups -OCH3 is 3. The number of benzene rings is 2. The van der Waals surface area contributed by atoms with Gasteiger partial charge in [0, 0.05) is 90.9 Å². The molecule has 5 aliphatic heterocycles. The molecule has 1 spiro atoms. The summed E-state index contributed by atoms with van der Waals surface area (Å²) in [6.07, 6.45) is 5.94. The Labute approximate surface area is 345 Å². The van der Waals surface area contributed by atoms with E-state index in [1.165, 1.54) is 21.1 Å². The standard InChI is InChI=1S/C46H58N4O9/c1-8-42(54)23-28-24-45(40(52)57-6,36-30(15-19-49(25-28)26-42)29-13-10-11-14-33(29)47-36)32-21-31-34(22-35(32)56-5)48(4)38-44(31)17-20-50-18-12-16-43(9-2,37(44)50)39(59-27(3)51)46(38,55)41(53)58-7/h10-14,16,21-22,28,37-39,47,54-55H,8-9,15,17-20,23-26H2,1-7H3/t28-,37+,38-,39-,42+,43-,44-,45+,46?/m1/s1. The molecular weight excluding hydrogens is 753 g/mol. The van der Waals surface area contributed by atoms with E-state index in [9.17, 15) is 19.8 Å². The highest BCUT2D eigenvalue weighted by molar-refractivity contribution is 5.95. The zero-order chi connectivity index (χ0) is 41.9. The van der Waals surface area contributed by atoms with Crippen LogP contribution in [0.1, 0.15) is 75.3 Å². The van der Waals surface area contributed by atoms with E-state index in [1.54, 1.807) is 7.11 Å². The molecule has 1 saturated carbocycles. The molecule has 2 aromatic carbocycles. The van der Waals surface area contributed by atoms with E-state index in [2.05, 4.69) is 39.1 Å². The highest BCUT2D eigenvalue weighted by Crippen LogP contribution is 2.68. The molecule has 2 bridgehead atoms. The fourth-order valence-corrected chi connectivity index (χ4v) is 13.5. The summed E-state index contributed by atoms with van der Waals surface area (Å²) in [6, 6.07) is 11.0. The average Bonchev–Trinajstić information content (AvgIpc) is 3.90. The van der Waals surface area contributed by atoms with Gasteiger partial charge in [-0.05, 0) is 74.2 Å². The third-order valence-electron chi connectivity index (χ3n) is 15.6. The fourth-order valence-electron chi connectivity index (χ4n) is 13.5. The average molecular weight is 811 g/mol. The number of likely N-dealkylation sites (N-methyl/N-ethyl adjacent to an activating group) is 1. The summed E-state index contributed by atoms with van der Waals surface area (Å²) in [4.78, 5) is 53.2. The van der Waals surface area contributed by atoms with Gasteiger partial charge in [0.05, 0.1) is 33.0 Å². The highest BCUT2D eigenvalue weighted by atomic mass is 16.6. The van der Waals surface area contributed by atoms with E-state index in [-0.39, 0.29) is 12.0 Å². The first kappa shape index (κ1) is 40.0. The normalized spacial score (nSPS) is 37.0. The molecule has 0 amide bonds. The third kappa shape index (κ3) is 5.20. The van der Waals surface area contributed by atoms with Crippen molar-refractivity contribution >= 4 is 34.5 Å². The number of hydrogen-bond acceptors (Lipinski definition) is 12. The predicted molar refractivity (Wildman–Crippen MR) is 220 cm³/mol. The second-order valence-electron chi connectivity index (χ2n) is 18.2. The van der Waals surface area contributed by atoms with Crippen LogP contribution in [0.25, 0.3) is 10.9 Å². The number of carbonyl (C=O) groups excluding carboxylic acids is 3. The van der Waals surface area contributed by atoms with Crippen LogP contribution < -0.4 is 9.64 Å². The number of nitrogens with one attached hydrogen (secondary N) is 1. The molecule has 6 heterocycles. The van der Waals surface area contributed by atoms with Crippen LogP contribution in [0.5, 0.6) is 5.75 Å². The third-order valence-corrected chi connectivity index (χ3v) is 15.6. The van der Waals surface area contributed by atoms with Crippen LogP contribution in [0.4, 0.5) is 5.69 Å². The molecule has 59 heavy (non-hydrogen) atoms. The van der Waals surface area contributed by atoms with Crippen LogP contribution >= 0.6 is 0 Å². The zero-order valence-electron chi connectivity index (χ0n) is 35.3. The number of esters is 3. The van der Waals surface area contributed by atoms with E-state index in [4.69, 9.17) is 18.9 Å². The second-order valence-corrected chi connectivity index (χ2v) is 18.2. The maximum absolute atomic E-state index is 15.3. The fraction of sp³-hybridized carbons (Fsp3) is 0.587. The number of nitrogens with zero attached hydrogens (tertiary/aromatic N) is 3. The largest absolute Gasteiger partial charge is 0.496 e. The summed E-state index contributed by atoms with van der Waals surface area (Å²) in [5.74, 6) is -1.56. The molecule has 6 aliphatic rings. The molecular formula is C46H58N4O9. The SMILES string of the molecule is CC[C@]1(O)C[C@H]2CN(CCc3c([nH]c4ccccc34)[C@@](C(=O)OC)(c3cc4c(cc3OC)N(C)[C@H]3C(O)(C(=O)OC)[C@H](OC(C)=O)[C@]5(CC)C=CCN6CC[C@]43[C@@H]65)C2)C1. The van der Waals surface area contributed by atoms with Crippen molar-refractivity contribution in [3.63, 3.8) is 0 Å². The molecule has 3 aromatic rings. The first-order valence-electron chi connectivity index (χ1n) is 21.2. The Kier molecular flexibility index (Phi) is 9.36. The topological polar surface area (TPSA) is 154 Å². The van der Waals surface area contributed by atoms with Crippen LogP contribution in [-0.2, 0) is 45.8 Å². The van der Waals surface area contributed by atoms with Crippen molar-refractivity contribution in [3.8, 4) is 5.75 Å². The van der Waals surface area contributed by atoms with Crippen molar-refractivity contribution in [2.75, 3.05) is 66.0 Å². The monoisotopic (exact) mass is 810 g/mol. The van der Waals surface area contributed by atoms with E-state index < -0.39 is 57.5 Å². The lowest BCUT2D eigenvalue weighted by Crippen LogP contribution is -2.81. The van der Waals surface area contributed by atoms with Gasteiger partial charge in [0.2, 0.25) is 5.60 Å². The number of piperidine rings is 1. The lowest BCUT2D eigenvalue weighted by atomic mass is 9.47. The first-order valence-corrected chi connectivity index (χ1v) is 21.2. The Morgan fingerprint density at radius 1 is 0.949 bits per heavy atom. The molecule has 13 heteroatoms. The van der Waals surface area contributed by atoms with Gasteiger partial charge in [0.25, 0.3) is 0 Å². The zero-order valence-corrected chi connectivity index (χ0v) is 35.3. The van der Waals surface area contributed by atoms with Gasteiger partial charge in [-0.1, -0.05) is 44.2 Å². The van der Waals surface area contributed by atoms with Gasteiger partial charge >= 0.3 is 17.9 Å². The quantitative estimate of drug-likeness (QED) is 0.180. The van der Waals surface area contributed by atoms with Gasteiger partial charge in [-0.3, -0.25) is 19.4 Å².